The van der Waals surface area contributed by atoms with Crippen LogP contribution in [0.3, 0.4) is 0 Å². The summed E-state index contributed by atoms with van der Waals surface area (Å²) in [6.07, 6.45) is 5.08. The van der Waals surface area contributed by atoms with Crippen molar-refractivity contribution < 1.29 is 4.79 Å². The number of carbonyl (C=O) groups is 1. The largest absolute Gasteiger partial charge is 0.399 e. The Hall–Kier alpha value is -3.86. The molecule has 1 aliphatic heterocycles. The standard InChI is InChI=1S/C28H22BrN5O/c29-19-9-11-24-23(13-19)28(26(35)34-24)22-12-18(7-6-17-4-2-1-3-5-17)8-10-20(22)21(14-30)25(33)27(28,15-31)16-32/h1-5,9-11,13,18,22H,6-8,12,33H2,(H,34,35)/t18-,22+,28+/m0/s1. The summed E-state index contributed by atoms with van der Waals surface area (Å²) in [7, 11) is 0. The molecular weight excluding hydrogens is 502 g/mol. The van der Waals surface area contributed by atoms with E-state index < -0.39 is 22.7 Å². The molecule has 7 heteroatoms. The first-order valence-corrected chi connectivity index (χ1v) is 12.3. The van der Waals surface area contributed by atoms with Gasteiger partial charge in [0.15, 0.2) is 0 Å². The third-order valence-electron chi connectivity index (χ3n) is 7.84. The summed E-state index contributed by atoms with van der Waals surface area (Å²) >= 11 is 3.49. The highest BCUT2D eigenvalue weighted by Crippen LogP contribution is 2.64. The van der Waals surface area contributed by atoms with Crippen LogP contribution in [0.2, 0.25) is 0 Å². The van der Waals surface area contributed by atoms with E-state index >= 15 is 0 Å². The average molecular weight is 524 g/mol. The molecule has 6 nitrogen and oxygen atoms in total. The van der Waals surface area contributed by atoms with Crippen LogP contribution in [0.4, 0.5) is 5.69 Å². The van der Waals surface area contributed by atoms with Gasteiger partial charge in [0.1, 0.15) is 11.5 Å². The molecule has 2 aromatic rings. The monoisotopic (exact) mass is 523 g/mol. The molecule has 172 valence electrons. The van der Waals surface area contributed by atoms with E-state index in [0.717, 1.165) is 23.7 Å². The van der Waals surface area contributed by atoms with E-state index in [2.05, 4.69) is 51.6 Å². The first-order chi connectivity index (χ1) is 16.9. The number of anilines is 1. The molecule has 0 aromatic heterocycles. The van der Waals surface area contributed by atoms with E-state index in [1.54, 1.807) is 12.1 Å². The molecule has 3 aliphatic rings. The van der Waals surface area contributed by atoms with Crippen molar-refractivity contribution in [3.63, 3.8) is 0 Å². The predicted molar refractivity (Wildman–Crippen MR) is 134 cm³/mol. The summed E-state index contributed by atoms with van der Waals surface area (Å²) in [5.74, 6) is -0.735. The van der Waals surface area contributed by atoms with Gasteiger partial charge in [-0.1, -0.05) is 52.3 Å². The SMILES string of the molecule is N#CC1=C(N)C(C#N)(C#N)[C@]2(C(=O)Nc3ccc(Br)cc32)[C@@H]2C[C@@H](CCc3ccccc3)CC=C12. The lowest BCUT2D eigenvalue weighted by molar-refractivity contribution is -0.125. The number of carbonyl (C=O) groups excluding carboxylic acids is 1. The summed E-state index contributed by atoms with van der Waals surface area (Å²) < 4.78 is 0.729. The van der Waals surface area contributed by atoms with E-state index in [1.165, 1.54) is 5.56 Å². The number of nitrogens with one attached hydrogen (secondary N) is 1. The molecule has 0 saturated carbocycles. The fourth-order valence-electron chi connectivity index (χ4n) is 6.21. The van der Waals surface area contributed by atoms with Crippen molar-refractivity contribution >= 4 is 27.5 Å². The van der Waals surface area contributed by atoms with Crippen LogP contribution in [-0.2, 0) is 16.6 Å². The van der Waals surface area contributed by atoms with Crippen molar-refractivity contribution in [1.82, 2.24) is 0 Å². The molecule has 5 rings (SSSR count). The number of allylic oxidation sites excluding steroid dienone is 4. The van der Waals surface area contributed by atoms with Gasteiger partial charge in [0.05, 0.1) is 23.4 Å². The van der Waals surface area contributed by atoms with Gasteiger partial charge in [-0.2, -0.15) is 15.8 Å². The smallest absolute Gasteiger partial charge is 0.238 e. The molecule has 1 amide bonds. The number of halogens is 1. The summed E-state index contributed by atoms with van der Waals surface area (Å²) in [5.41, 5.74) is 5.93. The number of rotatable bonds is 3. The number of hydrogen-bond acceptors (Lipinski definition) is 5. The highest BCUT2D eigenvalue weighted by atomic mass is 79.9. The van der Waals surface area contributed by atoms with Gasteiger partial charge in [0.2, 0.25) is 11.3 Å². The Labute approximate surface area is 212 Å². The van der Waals surface area contributed by atoms with E-state index in [9.17, 15) is 20.6 Å². The van der Waals surface area contributed by atoms with Gasteiger partial charge in [-0.05, 0) is 66.5 Å². The third-order valence-corrected chi connectivity index (χ3v) is 8.33. The summed E-state index contributed by atoms with van der Waals surface area (Å²) in [5, 5.41) is 33.9. The molecule has 0 bridgehead atoms. The molecule has 3 N–H and O–H groups in total. The fourth-order valence-corrected chi connectivity index (χ4v) is 6.57. The van der Waals surface area contributed by atoms with Gasteiger partial charge in [-0.3, -0.25) is 4.79 Å². The van der Waals surface area contributed by atoms with Gasteiger partial charge in [-0.25, -0.2) is 0 Å². The molecule has 35 heavy (non-hydrogen) atoms. The van der Waals surface area contributed by atoms with Crippen molar-refractivity contribution in [2.45, 2.75) is 31.1 Å². The minimum Gasteiger partial charge on any atom is -0.399 e. The molecule has 1 heterocycles. The number of hydrogen-bond donors (Lipinski definition) is 2. The Morgan fingerprint density at radius 3 is 2.54 bits per heavy atom. The normalized spacial score (nSPS) is 26.0. The van der Waals surface area contributed by atoms with Crippen molar-refractivity contribution in [1.29, 1.82) is 15.8 Å². The lowest BCUT2D eigenvalue weighted by Gasteiger charge is -2.50. The quantitative estimate of drug-likeness (QED) is 0.584. The Kier molecular flexibility index (Phi) is 5.51. The van der Waals surface area contributed by atoms with Crippen LogP contribution in [0.15, 0.2) is 75.9 Å². The highest BCUT2D eigenvalue weighted by Gasteiger charge is 2.71. The Morgan fingerprint density at radius 2 is 1.86 bits per heavy atom. The van der Waals surface area contributed by atoms with E-state index in [1.807, 2.05) is 30.3 Å². The number of nitriles is 3. The maximum absolute atomic E-state index is 13.9. The van der Waals surface area contributed by atoms with Crippen LogP contribution in [0, 0.1) is 51.2 Å². The molecule has 3 atom stereocenters. The molecule has 2 aromatic carbocycles. The van der Waals surface area contributed by atoms with Crippen LogP contribution >= 0.6 is 15.9 Å². The van der Waals surface area contributed by atoms with Crippen LogP contribution in [-0.4, -0.2) is 5.91 Å². The van der Waals surface area contributed by atoms with Crippen molar-refractivity contribution in [2.24, 2.45) is 23.0 Å². The second-order valence-electron chi connectivity index (χ2n) is 9.40. The first-order valence-electron chi connectivity index (χ1n) is 11.5. The molecule has 1 spiro atoms. The molecule has 0 unspecified atom stereocenters. The second kappa shape index (κ2) is 8.42. The van der Waals surface area contributed by atoms with Gasteiger partial charge < -0.3 is 11.1 Å². The van der Waals surface area contributed by atoms with Crippen molar-refractivity contribution in [3.8, 4) is 18.2 Å². The zero-order valence-corrected chi connectivity index (χ0v) is 20.5. The number of aryl methyl sites for hydroxylation is 1. The average Bonchev–Trinajstić information content (AvgIpc) is 3.17. The summed E-state index contributed by atoms with van der Waals surface area (Å²) in [4.78, 5) is 13.9. The lowest BCUT2D eigenvalue weighted by Crippen LogP contribution is -2.60. The minimum absolute atomic E-state index is 0.141. The van der Waals surface area contributed by atoms with Crippen molar-refractivity contribution in [2.75, 3.05) is 5.32 Å². The van der Waals surface area contributed by atoms with Crippen LogP contribution in [0.25, 0.3) is 0 Å². The Morgan fingerprint density at radius 1 is 1.11 bits per heavy atom. The van der Waals surface area contributed by atoms with Crippen LogP contribution < -0.4 is 11.1 Å². The number of nitrogens with two attached hydrogens (primary N) is 1. The fraction of sp³-hybridized carbons (Fsp3) is 0.286. The first kappa shape index (κ1) is 22.9. The highest BCUT2D eigenvalue weighted by molar-refractivity contribution is 9.10. The zero-order chi connectivity index (χ0) is 24.8. The maximum atomic E-state index is 13.9. The number of amides is 1. The molecule has 0 saturated heterocycles. The van der Waals surface area contributed by atoms with Gasteiger partial charge in [0, 0.05) is 16.1 Å². The van der Waals surface area contributed by atoms with Crippen molar-refractivity contribution in [3.05, 3.63) is 87.0 Å². The van der Waals surface area contributed by atoms with Gasteiger partial charge >= 0.3 is 0 Å². The lowest BCUT2D eigenvalue weighted by atomic mass is 9.46. The number of fused-ring (bicyclic) bond motifs is 4. The predicted octanol–water partition coefficient (Wildman–Crippen LogP) is 5.01. The number of benzene rings is 2. The molecule has 2 aliphatic carbocycles. The number of nitrogens with zero attached hydrogens (tertiary/aromatic N) is 3. The summed E-state index contributed by atoms with van der Waals surface area (Å²) in [6, 6.07) is 22.0. The molecule has 0 radical (unpaired) electrons. The van der Waals surface area contributed by atoms with Gasteiger partial charge in [-0.15, -0.1) is 0 Å². The molecular formula is C28H22BrN5O. The third kappa shape index (κ3) is 3.07. The second-order valence-corrected chi connectivity index (χ2v) is 10.3. The van der Waals surface area contributed by atoms with E-state index in [-0.39, 0.29) is 17.2 Å². The minimum atomic E-state index is -2.02. The summed E-state index contributed by atoms with van der Waals surface area (Å²) in [6.45, 7) is 0. The van der Waals surface area contributed by atoms with E-state index in [0.29, 0.717) is 23.2 Å². The Balaban J connectivity index is 1.70. The van der Waals surface area contributed by atoms with Gasteiger partial charge in [0.25, 0.3) is 0 Å². The molecule has 0 fully saturated rings. The zero-order valence-electron chi connectivity index (χ0n) is 18.9. The maximum Gasteiger partial charge on any atom is 0.238 e. The Bertz CT molecular complexity index is 1410. The van der Waals surface area contributed by atoms with Crippen LogP contribution in [0.5, 0.6) is 0 Å². The topological polar surface area (TPSA) is 126 Å². The van der Waals surface area contributed by atoms with Crippen LogP contribution in [0.1, 0.15) is 30.4 Å². The van der Waals surface area contributed by atoms with E-state index in [4.69, 9.17) is 5.73 Å².